The number of nitrogens with two attached hydrogens (primary N) is 1. The van der Waals surface area contributed by atoms with Crippen molar-refractivity contribution in [3.05, 3.63) is 47.9 Å². The Balaban J connectivity index is 0.00000432. The van der Waals surface area contributed by atoms with Crippen LogP contribution in [0.25, 0.3) is 17.5 Å². The van der Waals surface area contributed by atoms with Gasteiger partial charge >= 0.3 is 0 Å². The van der Waals surface area contributed by atoms with Gasteiger partial charge in [0.2, 0.25) is 5.91 Å². The lowest BCUT2D eigenvalue weighted by molar-refractivity contribution is -0.118. The minimum atomic E-state index is -0.180. The van der Waals surface area contributed by atoms with E-state index < -0.39 is 0 Å². The van der Waals surface area contributed by atoms with Crippen molar-refractivity contribution < 1.29 is 9.53 Å². The molecule has 0 saturated heterocycles. The fraction of sp³-hybridized carbons (Fsp3) is 0.500. The van der Waals surface area contributed by atoms with E-state index in [4.69, 9.17) is 15.5 Å². The van der Waals surface area contributed by atoms with Crippen molar-refractivity contribution in [2.45, 2.75) is 84.0 Å². The molecule has 192 valence electrons. The van der Waals surface area contributed by atoms with Crippen molar-refractivity contribution in [1.82, 2.24) is 9.97 Å². The minimum absolute atomic E-state index is 0. The van der Waals surface area contributed by atoms with E-state index in [1.807, 2.05) is 18.3 Å². The normalized spacial score (nSPS) is 13.7. The Hall–Kier alpha value is -2.73. The summed E-state index contributed by atoms with van der Waals surface area (Å²) in [6, 6.07) is 6.09. The van der Waals surface area contributed by atoms with E-state index >= 15 is 0 Å². The summed E-state index contributed by atoms with van der Waals surface area (Å²) in [6.45, 7) is 2.81. The van der Waals surface area contributed by atoms with Crippen LogP contribution in [0.3, 0.4) is 0 Å². The molecule has 3 rings (SSSR count). The largest absolute Gasteiger partial charge is 0.491 e. The van der Waals surface area contributed by atoms with Crippen LogP contribution in [0.2, 0.25) is 0 Å². The summed E-state index contributed by atoms with van der Waals surface area (Å²) in [7, 11) is 0. The van der Waals surface area contributed by atoms with Gasteiger partial charge in [-0.05, 0) is 56.0 Å². The summed E-state index contributed by atoms with van der Waals surface area (Å²) in [5.74, 6) is 0.685. The topological polar surface area (TPSA) is 96.3 Å². The SMILES string of the molecule is CCCOc1cc(-c2ccc[nH]2)[nH]c1C=C1C=CC(CCCCCCCCCCCC(N)=O)=N1.Cl. The predicted molar refractivity (Wildman–Crippen MR) is 148 cm³/mol. The van der Waals surface area contributed by atoms with Gasteiger partial charge in [-0.3, -0.25) is 9.79 Å². The van der Waals surface area contributed by atoms with Gasteiger partial charge in [0.15, 0.2) is 0 Å². The number of carbonyl (C=O) groups is 1. The molecule has 1 aliphatic rings. The van der Waals surface area contributed by atoms with Crippen LogP contribution in [-0.2, 0) is 4.79 Å². The molecule has 7 heteroatoms. The van der Waals surface area contributed by atoms with Gasteiger partial charge in [-0.25, -0.2) is 0 Å². The number of unbranched alkanes of at least 4 members (excludes halogenated alkanes) is 8. The average molecular weight is 501 g/mol. The molecule has 0 fully saturated rings. The van der Waals surface area contributed by atoms with E-state index in [9.17, 15) is 4.79 Å². The Kier molecular flexibility index (Phi) is 13.1. The highest BCUT2D eigenvalue weighted by atomic mass is 35.5. The van der Waals surface area contributed by atoms with Crippen LogP contribution in [0.5, 0.6) is 5.75 Å². The van der Waals surface area contributed by atoms with Crippen molar-refractivity contribution >= 4 is 30.1 Å². The molecule has 0 atom stereocenters. The zero-order valence-electron chi connectivity index (χ0n) is 21.0. The van der Waals surface area contributed by atoms with Gasteiger partial charge < -0.3 is 20.4 Å². The fourth-order valence-corrected chi connectivity index (χ4v) is 4.17. The molecule has 1 aliphatic heterocycles. The Morgan fingerprint density at radius 2 is 1.74 bits per heavy atom. The molecule has 0 spiro atoms. The summed E-state index contributed by atoms with van der Waals surface area (Å²) in [5.41, 5.74) is 10.3. The number of rotatable bonds is 17. The predicted octanol–water partition coefficient (Wildman–Crippen LogP) is 7.35. The summed E-state index contributed by atoms with van der Waals surface area (Å²) >= 11 is 0. The second kappa shape index (κ2) is 16.0. The molecule has 0 aliphatic carbocycles. The molecule has 0 radical (unpaired) electrons. The van der Waals surface area contributed by atoms with Crippen LogP contribution >= 0.6 is 12.4 Å². The Morgan fingerprint density at radius 1 is 1.03 bits per heavy atom. The summed E-state index contributed by atoms with van der Waals surface area (Å²) < 4.78 is 5.97. The third-order valence-corrected chi connectivity index (χ3v) is 6.03. The second-order valence-corrected chi connectivity index (χ2v) is 9.05. The van der Waals surface area contributed by atoms with Gasteiger partial charge in [0.1, 0.15) is 5.75 Å². The molecule has 3 heterocycles. The maximum Gasteiger partial charge on any atom is 0.217 e. The van der Waals surface area contributed by atoms with Crippen LogP contribution in [0.1, 0.15) is 89.7 Å². The van der Waals surface area contributed by atoms with E-state index in [0.29, 0.717) is 13.0 Å². The maximum atomic E-state index is 10.7. The number of hydrogen-bond acceptors (Lipinski definition) is 3. The zero-order valence-corrected chi connectivity index (χ0v) is 21.8. The average Bonchev–Trinajstić information content (AvgIpc) is 3.58. The first-order valence-electron chi connectivity index (χ1n) is 12.9. The zero-order chi connectivity index (χ0) is 24.0. The van der Waals surface area contributed by atoms with Crippen molar-refractivity contribution in [2.24, 2.45) is 10.7 Å². The fourth-order valence-electron chi connectivity index (χ4n) is 4.17. The third kappa shape index (κ3) is 10.2. The van der Waals surface area contributed by atoms with E-state index in [1.54, 1.807) is 0 Å². The van der Waals surface area contributed by atoms with E-state index in [2.05, 4.69) is 41.2 Å². The van der Waals surface area contributed by atoms with Gasteiger partial charge in [0.05, 0.1) is 29.4 Å². The number of halogens is 1. The lowest BCUT2D eigenvalue weighted by atomic mass is 10.0. The first-order valence-corrected chi connectivity index (χ1v) is 12.9. The first kappa shape index (κ1) is 28.5. The summed E-state index contributed by atoms with van der Waals surface area (Å²) in [6.07, 6.45) is 21.6. The number of aliphatic imine (C=N–C) groups is 1. The molecule has 0 unspecified atom stereocenters. The molecular weight excluding hydrogens is 460 g/mol. The molecule has 2 aromatic rings. The van der Waals surface area contributed by atoms with Crippen molar-refractivity contribution in [3.8, 4) is 17.1 Å². The highest BCUT2D eigenvalue weighted by molar-refractivity contribution is 5.99. The highest BCUT2D eigenvalue weighted by Gasteiger charge is 2.12. The maximum absolute atomic E-state index is 10.7. The van der Waals surface area contributed by atoms with Crippen LogP contribution in [0.15, 0.2) is 47.2 Å². The highest BCUT2D eigenvalue weighted by Crippen LogP contribution is 2.29. The molecule has 0 aromatic carbocycles. The van der Waals surface area contributed by atoms with Crippen molar-refractivity contribution in [1.29, 1.82) is 0 Å². The number of allylic oxidation sites excluding steroid dienone is 2. The summed E-state index contributed by atoms with van der Waals surface area (Å²) in [5, 5.41) is 0. The standard InChI is InChI=1S/C28H40N4O2.ClH/c1-2-19-34-27-21-25(24-14-12-18-30-24)32-26(27)20-23-17-16-22(31-23)13-10-8-6-4-3-5-7-9-11-15-28(29)33;/h12,14,16-18,20-21,30,32H,2-11,13,15,19H2,1H3,(H2,29,33);1H. The van der Waals surface area contributed by atoms with E-state index in [1.165, 1.54) is 44.9 Å². The number of ether oxygens (including phenoxy) is 1. The van der Waals surface area contributed by atoms with Crippen LogP contribution in [-0.4, -0.2) is 28.2 Å². The van der Waals surface area contributed by atoms with Gasteiger partial charge in [0.25, 0.3) is 0 Å². The van der Waals surface area contributed by atoms with E-state index in [-0.39, 0.29) is 18.3 Å². The molecule has 35 heavy (non-hydrogen) atoms. The number of hydrogen-bond donors (Lipinski definition) is 3. The molecule has 6 nitrogen and oxygen atoms in total. The van der Waals surface area contributed by atoms with Gasteiger partial charge in [-0.15, -0.1) is 12.4 Å². The lowest BCUT2D eigenvalue weighted by Crippen LogP contribution is -2.09. The number of amides is 1. The van der Waals surface area contributed by atoms with Crippen LogP contribution in [0, 0.1) is 0 Å². The number of aromatic amines is 2. The monoisotopic (exact) mass is 500 g/mol. The molecule has 0 bridgehead atoms. The number of aromatic nitrogens is 2. The molecular formula is C28H41ClN4O2. The third-order valence-electron chi connectivity index (χ3n) is 6.03. The van der Waals surface area contributed by atoms with Crippen LogP contribution in [0.4, 0.5) is 0 Å². The Morgan fingerprint density at radius 3 is 2.40 bits per heavy atom. The Bertz CT molecular complexity index is 973. The van der Waals surface area contributed by atoms with E-state index in [0.717, 1.165) is 59.9 Å². The van der Waals surface area contributed by atoms with Gasteiger partial charge in [-0.2, -0.15) is 0 Å². The number of carbonyl (C=O) groups excluding carboxylic acids is 1. The Labute approximate surface area is 215 Å². The smallest absolute Gasteiger partial charge is 0.217 e. The van der Waals surface area contributed by atoms with Crippen molar-refractivity contribution in [2.75, 3.05) is 6.61 Å². The second-order valence-electron chi connectivity index (χ2n) is 9.05. The molecule has 4 N–H and O–H groups in total. The quantitative estimate of drug-likeness (QED) is 0.198. The molecule has 0 saturated carbocycles. The first-order chi connectivity index (χ1) is 16.7. The van der Waals surface area contributed by atoms with Gasteiger partial charge in [0, 0.05) is 24.4 Å². The van der Waals surface area contributed by atoms with Crippen LogP contribution < -0.4 is 10.5 Å². The number of primary amides is 1. The minimum Gasteiger partial charge on any atom is -0.491 e. The number of nitrogens with zero attached hydrogens (tertiary/aromatic N) is 1. The molecule has 2 aromatic heterocycles. The van der Waals surface area contributed by atoms with Crippen molar-refractivity contribution in [3.63, 3.8) is 0 Å². The lowest BCUT2D eigenvalue weighted by Gasteiger charge is -2.03. The number of nitrogens with one attached hydrogen (secondary N) is 2. The van der Waals surface area contributed by atoms with Gasteiger partial charge in [-0.1, -0.05) is 51.9 Å². The summed E-state index contributed by atoms with van der Waals surface area (Å²) in [4.78, 5) is 22.2. The number of H-pyrrole nitrogens is 2. The molecule has 1 amide bonds.